The van der Waals surface area contributed by atoms with Crippen LogP contribution in [0.1, 0.15) is 290 Å². The molecule has 0 saturated carbocycles. The Morgan fingerprint density at radius 2 is 0.563 bits per heavy atom. The number of unbranched alkanes of at least 4 members (excludes halogenated alkanes) is 29. The Labute approximate surface area is 439 Å². The minimum Gasteiger partial charge on any atom is -0.462 e. The first-order valence-electron chi connectivity index (χ1n) is 30.1. The van der Waals surface area contributed by atoms with E-state index in [2.05, 4.69) is 106 Å². The summed E-state index contributed by atoms with van der Waals surface area (Å²) in [5.74, 6) is -0.911. The SMILES string of the molecule is CC/C=C\C/C=C\C/C=C\C/C=C\C/C=C\CCCCCCCC(=O)OCC(COC(=O)CCCCCCC/C=C\CCCC)OC(=O)CCCCCCCCCCC/C=C\CCCCCCCCCC. The second-order valence-electron chi connectivity index (χ2n) is 19.9. The summed E-state index contributed by atoms with van der Waals surface area (Å²) in [6.07, 6.45) is 77.2. The van der Waals surface area contributed by atoms with Crippen molar-refractivity contribution in [2.75, 3.05) is 13.2 Å². The molecule has 0 N–H and O–H groups in total. The summed E-state index contributed by atoms with van der Waals surface area (Å²) in [4.78, 5) is 38.2. The highest BCUT2D eigenvalue weighted by molar-refractivity contribution is 5.71. The fraction of sp³-hybridized carbons (Fsp3) is 0.738. The molecule has 0 saturated heterocycles. The first-order chi connectivity index (χ1) is 35.0. The van der Waals surface area contributed by atoms with Crippen LogP contribution < -0.4 is 0 Å². The van der Waals surface area contributed by atoms with Crippen LogP contribution in [0.25, 0.3) is 0 Å². The maximum atomic E-state index is 12.9. The molecule has 0 rings (SSSR count). The fourth-order valence-corrected chi connectivity index (χ4v) is 8.33. The van der Waals surface area contributed by atoms with Gasteiger partial charge in [-0.3, -0.25) is 14.4 Å². The third-order valence-corrected chi connectivity index (χ3v) is 12.9. The van der Waals surface area contributed by atoms with Crippen molar-refractivity contribution < 1.29 is 28.6 Å². The molecule has 408 valence electrons. The molecule has 6 nitrogen and oxygen atoms in total. The molecule has 6 heteroatoms. The zero-order valence-electron chi connectivity index (χ0n) is 46.7. The molecular formula is C65H112O6. The van der Waals surface area contributed by atoms with Gasteiger partial charge in [0.2, 0.25) is 0 Å². The Morgan fingerprint density at radius 1 is 0.296 bits per heavy atom. The molecule has 0 aromatic heterocycles. The summed E-state index contributed by atoms with van der Waals surface area (Å²) in [5.41, 5.74) is 0. The van der Waals surface area contributed by atoms with E-state index in [0.717, 1.165) is 116 Å². The lowest BCUT2D eigenvalue weighted by Gasteiger charge is -2.18. The van der Waals surface area contributed by atoms with Crippen molar-refractivity contribution in [2.24, 2.45) is 0 Å². The lowest BCUT2D eigenvalue weighted by molar-refractivity contribution is -0.167. The van der Waals surface area contributed by atoms with Gasteiger partial charge in [-0.1, -0.05) is 247 Å². The number of hydrogen-bond acceptors (Lipinski definition) is 6. The summed E-state index contributed by atoms with van der Waals surface area (Å²) >= 11 is 0. The zero-order chi connectivity index (χ0) is 51.4. The lowest BCUT2D eigenvalue weighted by Crippen LogP contribution is -2.30. The van der Waals surface area contributed by atoms with E-state index in [1.807, 2.05) is 0 Å². The quantitative estimate of drug-likeness (QED) is 0.0261. The van der Waals surface area contributed by atoms with Crippen LogP contribution in [0, 0.1) is 0 Å². The normalized spacial score (nSPS) is 12.7. The van der Waals surface area contributed by atoms with Gasteiger partial charge in [-0.05, 0) is 109 Å². The van der Waals surface area contributed by atoms with Crippen molar-refractivity contribution >= 4 is 17.9 Å². The van der Waals surface area contributed by atoms with Crippen LogP contribution in [0.2, 0.25) is 0 Å². The van der Waals surface area contributed by atoms with Crippen LogP contribution in [0.15, 0.2) is 85.1 Å². The zero-order valence-corrected chi connectivity index (χ0v) is 46.7. The number of ether oxygens (including phenoxy) is 3. The van der Waals surface area contributed by atoms with Gasteiger partial charge in [0.15, 0.2) is 6.10 Å². The lowest BCUT2D eigenvalue weighted by atomic mass is 10.1. The van der Waals surface area contributed by atoms with E-state index in [1.54, 1.807) is 0 Å². The highest BCUT2D eigenvalue weighted by atomic mass is 16.6. The van der Waals surface area contributed by atoms with Crippen molar-refractivity contribution in [3.8, 4) is 0 Å². The minimum absolute atomic E-state index is 0.0876. The molecule has 1 atom stereocenters. The van der Waals surface area contributed by atoms with Gasteiger partial charge >= 0.3 is 17.9 Å². The largest absolute Gasteiger partial charge is 0.462 e. The summed E-state index contributed by atoms with van der Waals surface area (Å²) in [7, 11) is 0. The Balaban J connectivity index is 4.35. The standard InChI is InChI=1S/C65H112O6/c1-4-7-10-13-16-19-22-24-26-28-30-32-34-36-38-40-43-46-49-52-55-58-64(67)70-61-62(60-69-63(66)57-54-51-48-45-42-21-18-15-12-9-6-3)71-65(68)59-56-53-50-47-44-41-39-37-35-33-31-29-27-25-23-20-17-14-11-8-5-2/h7,10,15-16,18-19,24,26,29-32,36,38,62H,4-6,8-9,11-14,17,20-23,25,27-28,33-35,37,39-61H2,1-3H3/b10-7-,18-15-,19-16-,26-24-,31-29-,32-30-,38-36-. The predicted octanol–water partition coefficient (Wildman–Crippen LogP) is 20.3. The number of carbonyl (C=O) groups excluding carboxylic acids is 3. The molecule has 0 aliphatic carbocycles. The van der Waals surface area contributed by atoms with E-state index in [9.17, 15) is 14.4 Å². The highest BCUT2D eigenvalue weighted by Gasteiger charge is 2.19. The number of hydrogen-bond donors (Lipinski definition) is 0. The van der Waals surface area contributed by atoms with E-state index in [1.165, 1.54) is 135 Å². The third kappa shape index (κ3) is 57.4. The maximum Gasteiger partial charge on any atom is 0.306 e. The molecule has 0 aliphatic rings. The molecule has 0 amide bonds. The predicted molar refractivity (Wildman–Crippen MR) is 307 cm³/mol. The fourth-order valence-electron chi connectivity index (χ4n) is 8.33. The van der Waals surface area contributed by atoms with Crippen LogP contribution in [-0.2, 0) is 28.6 Å². The van der Waals surface area contributed by atoms with E-state index in [0.29, 0.717) is 19.3 Å². The Hall–Kier alpha value is -3.41. The van der Waals surface area contributed by atoms with E-state index >= 15 is 0 Å². The van der Waals surface area contributed by atoms with Crippen molar-refractivity contribution in [2.45, 2.75) is 297 Å². The molecule has 1 unspecified atom stereocenters. The molecule has 0 fully saturated rings. The van der Waals surface area contributed by atoms with Crippen molar-refractivity contribution in [3.05, 3.63) is 85.1 Å². The van der Waals surface area contributed by atoms with Crippen LogP contribution in [0.5, 0.6) is 0 Å². The van der Waals surface area contributed by atoms with Gasteiger partial charge in [0.05, 0.1) is 0 Å². The summed E-state index contributed by atoms with van der Waals surface area (Å²) < 4.78 is 16.9. The van der Waals surface area contributed by atoms with Crippen molar-refractivity contribution in [1.82, 2.24) is 0 Å². The minimum atomic E-state index is -0.790. The second-order valence-corrected chi connectivity index (χ2v) is 19.9. The monoisotopic (exact) mass is 989 g/mol. The maximum absolute atomic E-state index is 12.9. The van der Waals surface area contributed by atoms with Gasteiger partial charge < -0.3 is 14.2 Å². The van der Waals surface area contributed by atoms with Gasteiger partial charge in [-0.15, -0.1) is 0 Å². The highest BCUT2D eigenvalue weighted by Crippen LogP contribution is 2.15. The van der Waals surface area contributed by atoms with Crippen molar-refractivity contribution in [3.63, 3.8) is 0 Å². The number of esters is 3. The number of carbonyl (C=O) groups is 3. The summed E-state index contributed by atoms with van der Waals surface area (Å²) in [6.45, 7) is 6.48. The third-order valence-electron chi connectivity index (χ3n) is 12.9. The topological polar surface area (TPSA) is 78.9 Å². The van der Waals surface area contributed by atoms with Gasteiger partial charge in [0, 0.05) is 19.3 Å². The van der Waals surface area contributed by atoms with Gasteiger partial charge in [0.1, 0.15) is 13.2 Å². The Kier molecular flexibility index (Phi) is 56.3. The summed E-state index contributed by atoms with van der Waals surface area (Å²) in [6, 6.07) is 0. The van der Waals surface area contributed by atoms with E-state index < -0.39 is 6.10 Å². The molecule has 71 heavy (non-hydrogen) atoms. The Morgan fingerprint density at radius 3 is 0.915 bits per heavy atom. The molecule has 0 spiro atoms. The first-order valence-corrected chi connectivity index (χ1v) is 30.1. The summed E-state index contributed by atoms with van der Waals surface area (Å²) in [5, 5.41) is 0. The number of allylic oxidation sites excluding steroid dienone is 14. The van der Waals surface area contributed by atoms with E-state index in [4.69, 9.17) is 14.2 Å². The molecule has 0 aromatic carbocycles. The molecule has 0 heterocycles. The van der Waals surface area contributed by atoms with Crippen LogP contribution in [-0.4, -0.2) is 37.2 Å². The molecule has 0 aromatic rings. The molecule has 0 aliphatic heterocycles. The van der Waals surface area contributed by atoms with Gasteiger partial charge in [-0.25, -0.2) is 0 Å². The van der Waals surface area contributed by atoms with Gasteiger partial charge in [0.25, 0.3) is 0 Å². The first kappa shape index (κ1) is 67.6. The second kappa shape index (κ2) is 59.2. The number of rotatable bonds is 54. The molecule has 0 radical (unpaired) electrons. The average molecular weight is 990 g/mol. The van der Waals surface area contributed by atoms with Crippen LogP contribution in [0.3, 0.4) is 0 Å². The van der Waals surface area contributed by atoms with Crippen LogP contribution >= 0.6 is 0 Å². The molecule has 0 bridgehead atoms. The van der Waals surface area contributed by atoms with Crippen LogP contribution in [0.4, 0.5) is 0 Å². The van der Waals surface area contributed by atoms with E-state index in [-0.39, 0.29) is 31.1 Å². The van der Waals surface area contributed by atoms with Crippen molar-refractivity contribution in [1.29, 1.82) is 0 Å². The molecular weight excluding hydrogens is 877 g/mol. The average Bonchev–Trinajstić information content (AvgIpc) is 3.37. The Bertz CT molecular complexity index is 1370. The van der Waals surface area contributed by atoms with Gasteiger partial charge in [-0.2, -0.15) is 0 Å². The smallest absolute Gasteiger partial charge is 0.306 e.